The SMILES string of the molecule is N[C@H](c1cccc(Cl)c1)C1CCCC1. The van der Waals surface area contributed by atoms with E-state index in [9.17, 15) is 0 Å². The standard InChI is InChI=1S/C12H16ClN/c13-11-7-3-6-10(8-11)12(14)9-4-1-2-5-9/h3,6-9,12H,1-2,4-5,14H2/t12-/m0/s1. The lowest BCUT2D eigenvalue weighted by Crippen LogP contribution is -2.18. The summed E-state index contributed by atoms with van der Waals surface area (Å²) in [6.45, 7) is 0. The highest BCUT2D eigenvalue weighted by Crippen LogP contribution is 2.34. The van der Waals surface area contributed by atoms with E-state index in [1.54, 1.807) is 0 Å². The molecule has 1 aromatic rings. The first kappa shape index (κ1) is 10.0. The quantitative estimate of drug-likeness (QED) is 0.793. The van der Waals surface area contributed by atoms with Crippen LogP contribution in [0.4, 0.5) is 0 Å². The fourth-order valence-electron chi connectivity index (χ4n) is 2.30. The van der Waals surface area contributed by atoms with Gasteiger partial charge in [-0.1, -0.05) is 36.6 Å². The van der Waals surface area contributed by atoms with Crippen molar-refractivity contribution in [3.8, 4) is 0 Å². The number of nitrogens with two attached hydrogens (primary N) is 1. The van der Waals surface area contributed by atoms with E-state index in [0.717, 1.165) is 5.02 Å². The zero-order valence-electron chi connectivity index (χ0n) is 8.25. The molecule has 2 heteroatoms. The minimum Gasteiger partial charge on any atom is -0.324 e. The molecule has 1 aliphatic carbocycles. The summed E-state index contributed by atoms with van der Waals surface area (Å²) >= 11 is 5.94. The third-order valence-electron chi connectivity index (χ3n) is 3.14. The van der Waals surface area contributed by atoms with Crippen molar-refractivity contribution in [1.29, 1.82) is 0 Å². The van der Waals surface area contributed by atoms with Gasteiger partial charge in [0.1, 0.15) is 0 Å². The van der Waals surface area contributed by atoms with Crippen molar-refractivity contribution in [2.24, 2.45) is 11.7 Å². The van der Waals surface area contributed by atoms with Crippen molar-refractivity contribution in [3.05, 3.63) is 34.9 Å². The molecule has 2 rings (SSSR count). The maximum absolute atomic E-state index is 6.21. The first-order valence-electron chi connectivity index (χ1n) is 5.28. The molecule has 1 aromatic carbocycles. The number of hydrogen-bond donors (Lipinski definition) is 1. The van der Waals surface area contributed by atoms with Crippen molar-refractivity contribution in [2.75, 3.05) is 0 Å². The van der Waals surface area contributed by atoms with Crippen LogP contribution < -0.4 is 5.73 Å². The van der Waals surface area contributed by atoms with E-state index in [0.29, 0.717) is 5.92 Å². The van der Waals surface area contributed by atoms with Crippen LogP contribution in [-0.2, 0) is 0 Å². The summed E-state index contributed by atoms with van der Waals surface area (Å²) in [5.74, 6) is 0.661. The normalized spacial score (nSPS) is 19.9. The van der Waals surface area contributed by atoms with Crippen molar-refractivity contribution in [1.82, 2.24) is 0 Å². The Labute approximate surface area is 90.3 Å². The third kappa shape index (κ3) is 2.10. The Morgan fingerprint density at radius 3 is 2.64 bits per heavy atom. The first-order valence-corrected chi connectivity index (χ1v) is 5.66. The van der Waals surface area contributed by atoms with E-state index in [4.69, 9.17) is 17.3 Å². The molecule has 14 heavy (non-hydrogen) atoms. The molecule has 1 atom stereocenters. The van der Waals surface area contributed by atoms with E-state index in [-0.39, 0.29) is 6.04 Å². The van der Waals surface area contributed by atoms with E-state index >= 15 is 0 Å². The highest BCUT2D eigenvalue weighted by atomic mass is 35.5. The summed E-state index contributed by atoms with van der Waals surface area (Å²) in [5.41, 5.74) is 7.40. The molecule has 0 radical (unpaired) electrons. The summed E-state index contributed by atoms with van der Waals surface area (Å²) < 4.78 is 0. The largest absolute Gasteiger partial charge is 0.324 e. The molecule has 0 saturated heterocycles. The lowest BCUT2D eigenvalue weighted by Gasteiger charge is -2.19. The molecule has 0 amide bonds. The fraction of sp³-hybridized carbons (Fsp3) is 0.500. The van der Waals surface area contributed by atoms with E-state index in [1.807, 2.05) is 18.2 Å². The van der Waals surface area contributed by atoms with Gasteiger partial charge in [-0.2, -0.15) is 0 Å². The van der Waals surface area contributed by atoms with Gasteiger partial charge in [-0.25, -0.2) is 0 Å². The van der Waals surface area contributed by atoms with Gasteiger partial charge in [0.05, 0.1) is 0 Å². The van der Waals surface area contributed by atoms with Crippen LogP contribution >= 0.6 is 11.6 Å². The Morgan fingerprint density at radius 2 is 2.00 bits per heavy atom. The maximum atomic E-state index is 6.21. The van der Waals surface area contributed by atoms with Gasteiger partial charge in [0.25, 0.3) is 0 Å². The summed E-state index contributed by atoms with van der Waals surface area (Å²) in [7, 11) is 0. The summed E-state index contributed by atoms with van der Waals surface area (Å²) in [6, 6.07) is 8.12. The Kier molecular flexibility index (Phi) is 3.09. The van der Waals surface area contributed by atoms with Gasteiger partial charge in [0.2, 0.25) is 0 Å². The maximum Gasteiger partial charge on any atom is 0.0409 e. The van der Waals surface area contributed by atoms with Crippen LogP contribution in [-0.4, -0.2) is 0 Å². The summed E-state index contributed by atoms with van der Waals surface area (Å²) in [5, 5.41) is 0.788. The predicted octanol–water partition coefficient (Wildman–Crippen LogP) is 3.53. The number of rotatable bonds is 2. The molecule has 1 nitrogen and oxygen atoms in total. The summed E-state index contributed by atoms with van der Waals surface area (Å²) in [4.78, 5) is 0. The molecule has 2 N–H and O–H groups in total. The second-order valence-electron chi connectivity index (χ2n) is 4.13. The summed E-state index contributed by atoms with van der Waals surface area (Å²) in [6.07, 6.45) is 5.21. The Bertz CT molecular complexity index is 305. The smallest absolute Gasteiger partial charge is 0.0409 e. The molecule has 1 aliphatic rings. The van der Waals surface area contributed by atoms with Gasteiger partial charge in [0.15, 0.2) is 0 Å². The van der Waals surface area contributed by atoms with E-state index in [1.165, 1.54) is 31.2 Å². The number of hydrogen-bond acceptors (Lipinski definition) is 1. The molecule has 1 saturated carbocycles. The van der Waals surface area contributed by atoms with Crippen molar-refractivity contribution in [3.63, 3.8) is 0 Å². The van der Waals surface area contributed by atoms with Crippen LogP contribution in [0, 0.1) is 5.92 Å². The monoisotopic (exact) mass is 209 g/mol. The average Bonchev–Trinajstić information content (AvgIpc) is 2.69. The molecular formula is C12H16ClN. The van der Waals surface area contributed by atoms with Crippen LogP contribution in [0.2, 0.25) is 5.02 Å². The highest BCUT2D eigenvalue weighted by molar-refractivity contribution is 6.30. The minimum atomic E-state index is 0.177. The van der Waals surface area contributed by atoms with Crippen LogP contribution in [0.25, 0.3) is 0 Å². The highest BCUT2D eigenvalue weighted by Gasteiger charge is 2.22. The van der Waals surface area contributed by atoms with Crippen LogP contribution in [0.3, 0.4) is 0 Å². The molecular weight excluding hydrogens is 194 g/mol. The first-order chi connectivity index (χ1) is 6.77. The Balaban J connectivity index is 2.13. The average molecular weight is 210 g/mol. The van der Waals surface area contributed by atoms with Gasteiger partial charge in [-0.3, -0.25) is 0 Å². The topological polar surface area (TPSA) is 26.0 Å². The van der Waals surface area contributed by atoms with Crippen LogP contribution in [0.15, 0.2) is 24.3 Å². The van der Waals surface area contributed by atoms with Gasteiger partial charge in [0, 0.05) is 11.1 Å². The van der Waals surface area contributed by atoms with Crippen molar-refractivity contribution >= 4 is 11.6 Å². The second-order valence-corrected chi connectivity index (χ2v) is 4.56. The van der Waals surface area contributed by atoms with Gasteiger partial charge < -0.3 is 5.73 Å². The zero-order chi connectivity index (χ0) is 9.97. The van der Waals surface area contributed by atoms with Crippen molar-refractivity contribution in [2.45, 2.75) is 31.7 Å². The molecule has 0 bridgehead atoms. The number of halogens is 1. The van der Waals surface area contributed by atoms with Crippen LogP contribution in [0.1, 0.15) is 37.3 Å². The van der Waals surface area contributed by atoms with Crippen LogP contribution in [0.5, 0.6) is 0 Å². The second kappa shape index (κ2) is 4.33. The molecule has 0 aliphatic heterocycles. The molecule has 0 heterocycles. The van der Waals surface area contributed by atoms with E-state index < -0.39 is 0 Å². The molecule has 76 valence electrons. The predicted molar refractivity (Wildman–Crippen MR) is 60.3 cm³/mol. The molecule has 0 aromatic heterocycles. The zero-order valence-corrected chi connectivity index (χ0v) is 9.00. The van der Waals surface area contributed by atoms with Gasteiger partial charge in [-0.15, -0.1) is 0 Å². The van der Waals surface area contributed by atoms with Gasteiger partial charge in [-0.05, 0) is 36.5 Å². The molecule has 1 fully saturated rings. The van der Waals surface area contributed by atoms with Crippen molar-refractivity contribution < 1.29 is 0 Å². The lowest BCUT2D eigenvalue weighted by atomic mass is 9.93. The minimum absolute atomic E-state index is 0.177. The molecule has 0 unspecified atom stereocenters. The van der Waals surface area contributed by atoms with Gasteiger partial charge >= 0.3 is 0 Å². The third-order valence-corrected chi connectivity index (χ3v) is 3.38. The van der Waals surface area contributed by atoms with E-state index in [2.05, 4.69) is 6.07 Å². The lowest BCUT2D eigenvalue weighted by molar-refractivity contribution is 0.445. The fourth-order valence-corrected chi connectivity index (χ4v) is 2.50. The Morgan fingerprint density at radius 1 is 1.29 bits per heavy atom. The number of benzene rings is 1. The Hall–Kier alpha value is -0.530. The molecule has 0 spiro atoms.